The summed E-state index contributed by atoms with van der Waals surface area (Å²) in [5.74, 6) is -0.580. The van der Waals surface area contributed by atoms with Gasteiger partial charge in [-0.15, -0.1) is 0 Å². The Morgan fingerprint density at radius 1 is 1.53 bits per heavy atom. The number of carbonyl (C=O) groups excluding carboxylic acids is 1. The van der Waals surface area contributed by atoms with Crippen LogP contribution in [0.2, 0.25) is 0 Å². The van der Waals surface area contributed by atoms with Gasteiger partial charge >= 0.3 is 5.97 Å². The summed E-state index contributed by atoms with van der Waals surface area (Å²) in [5, 5.41) is 8.78. The largest absolute Gasteiger partial charge is 0.481 e. The molecule has 3 unspecified atom stereocenters. The first-order valence-corrected chi connectivity index (χ1v) is 5.49. The van der Waals surface area contributed by atoms with Crippen molar-refractivity contribution >= 4 is 11.9 Å². The van der Waals surface area contributed by atoms with Crippen molar-refractivity contribution in [1.82, 2.24) is 4.90 Å². The van der Waals surface area contributed by atoms with Crippen molar-refractivity contribution in [3.63, 3.8) is 0 Å². The Balaban J connectivity index is 2.48. The van der Waals surface area contributed by atoms with E-state index < -0.39 is 11.9 Å². The number of carbonyl (C=O) groups is 2. The number of nitrogens with zero attached hydrogens (tertiary/aromatic N) is 1. The van der Waals surface area contributed by atoms with Crippen molar-refractivity contribution in [2.75, 3.05) is 13.1 Å². The van der Waals surface area contributed by atoms with Crippen LogP contribution in [0.3, 0.4) is 0 Å². The predicted molar refractivity (Wildman–Crippen MR) is 56.3 cm³/mol. The summed E-state index contributed by atoms with van der Waals surface area (Å²) in [6.07, 6.45) is 0.955. The van der Waals surface area contributed by atoms with Crippen molar-refractivity contribution in [3.8, 4) is 0 Å². The van der Waals surface area contributed by atoms with Gasteiger partial charge in [-0.25, -0.2) is 0 Å². The molecule has 0 spiro atoms. The highest BCUT2D eigenvalue weighted by Crippen LogP contribution is 2.39. The summed E-state index contributed by atoms with van der Waals surface area (Å²) in [7, 11) is 0. The highest BCUT2D eigenvalue weighted by molar-refractivity contribution is 5.82. The van der Waals surface area contributed by atoms with Crippen LogP contribution in [-0.2, 0) is 9.59 Å². The molecule has 0 aromatic heterocycles. The molecule has 1 aliphatic rings. The molecule has 1 N–H and O–H groups in total. The van der Waals surface area contributed by atoms with E-state index in [9.17, 15) is 9.59 Å². The van der Waals surface area contributed by atoms with E-state index in [0.717, 1.165) is 6.42 Å². The molecule has 4 nitrogen and oxygen atoms in total. The topological polar surface area (TPSA) is 57.6 Å². The molecule has 0 aromatic carbocycles. The summed E-state index contributed by atoms with van der Waals surface area (Å²) >= 11 is 0. The molecule has 4 heteroatoms. The summed E-state index contributed by atoms with van der Waals surface area (Å²) in [6.45, 7) is 6.50. The Morgan fingerprint density at radius 2 is 2.07 bits per heavy atom. The van der Waals surface area contributed by atoms with Crippen LogP contribution in [0.25, 0.3) is 0 Å². The SMILES string of the molecule is CCN(CC(C)C(=O)O)C(=O)C1CC1C. The number of aliphatic carboxylic acids is 1. The van der Waals surface area contributed by atoms with Crippen molar-refractivity contribution in [3.05, 3.63) is 0 Å². The van der Waals surface area contributed by atoms with Crippen LogP contribution in [0.5, 0.6) is 0 Å². The molecule has 15 heavy (non-hydrogen) atoms. The van der Waals surface area contributed by atoms with Gasteiger partial charge in [0.25, 0.3) is 0 Å². The van der Waals surface area contributed by atoms with Crippen LogP contribution in [0.1, 0.15) is 27.2 Å². The van der Waals surface area contributed by atoms with Gasteiger partial charge in [-0.3, -0.25) is 9.59 Å². The fraction of sp³-hybridized carbons (Fsp3) is 0.818. The van der Waals surface area contributed by atoms with Gasteiger partial charge in [-0.1, -0.05) is 13.8 Å². The smallest absolute Gasteiger partial charge is 0.308 e. The molecular formula is C11H19NO3. The van der Waals surface area contributed by atoms with E-state index in [-0.39, 0.29) is 11.8 Å². The molecule has 1 saturated carbocycles. The molecule has 1 rings (SSSR count). The Labute approximate surface area is 90.3 Å². The molecular weight excluding hydrogens is 194 g/mol. The molecule has 3 atom stereocenters. The zero-order chi connectivity index (χ0) is 11.6. The summed E-state index contributed by atoms with van der Waals surface area (Å²) in [4.78, 5) is 24.2. The summed E-state index contributed by atoms with van der Waals surface area (Å²) < 4.78 is 0. The van der Waals surface area contributed by atoms with Gasteiger partial charge in [-0.2, -0.15) is 0 Å². The van der Waals surface area contributed by atoms with E-state index in [1.54, 1.807) is 11.8 Å². The average Bonchev–Trinajstić information content (AvgIpc) is 2.90. The number of carboxylic acid groups (broad SMARTS) is 1. The van der Waals surface area contributed by atoms with Gasteiger partial charge in [-0.05, 0) is 19.3 Å². The normalized spacial score (nSPS) is 25.8. The van der Waals surface area contributed by atoms with E-state index >= 15 is 0 Å². The Hall–Kier alpha value is -1.06. The minimum Gasteiger partial charge on any atom is -0.481 e. The Kier molecular flexibility index (Phi) is 3.72. The second kappa shape index (κ2) is 4.64. The molecule has 0 heterocycles. The number of hydrogen-bond acceptors (Lipinski definition) is 2. The van der Waals surface area contributed by atoms with Gasteiger partial charge < -0.3 is 10.0 Å². The quantitative estimate of drug-likeness (QED) is 0.746. The zero-order valence-electron chi connectivity index (χ0n) is 9.56. The lowest BCUT2D eigenvalue weighted by Gasteiger charge is -2.23. The number of amides is 1. The van der Waals surface area contributed by atoms with Crippen molar-refractivity contribution in [1.29, 1.82) is 0 Å². The molecule has 0 aromatic rings. The van der Waals surface area contributed by atoms with Crippen LogP contribution in [0, 0.1) is 17.8 Å². The van der Waals surface area contributed by atoms with E-state index in [0.29, 0.717) is 19.0 Å². The first kappa shape index (κ1) is 12.0. The fourth-order valence-corrected chi connectivity index (χ4v) is 1.68. The number of carboxylic acids is 1. The Morgan fingerprint density at radius 3 is 2.40 bits per heavy atom. The van der Waals surface area contributed by atoms with E-state index in [1.807, 2.05) is 6.92 Å². The highest BCUT2D eigenvalue weighted by Gasteiger charge is 2.41. The average molecular weight is 213 g/mol. The maximum absolute atomic E-state index is 11.8. The standard InChI is InChI=1S/C11H19NO3/c1-4-12(6-8(3)11(14)15)10(13)9-5-7(9)2/h7-9H,4-6H2,1-3H3,(H,14,15). The lowest BCUT2D eigenvalue weighted by atomic mass is 10.1. The van der Waals surface area contributed by atoms with Gasteiger partial charge in [0.2, 0.25) is 5.91 Å². The van der Waals surface area contributed by atoms with E-state index in [4.69, 9.17) is 5.11 Å². The van der Waals surface area contributed by atoms with Crippen LogP contribution in [0.4, 0.5) is 0 Å². The third kappa shape index (κ3) is 2.94. The van der Waals surface area contributed by atoms with Gasteiger partial charge in [0.15, 0.2) is 0 Å². The molecule has 0 aliphatic heterocycles. The summed E-state index contributed by atoms with van der Waals surface area (Å²) in [5.41, 5.74) is 0. The van der Waals surface area contributed by atoms with Crippen molar-refractivity contribution in [2.24, 2.45) is 17.8 Å². The second-order valence-corrected chi connectivity index (χ2v) is 4.44. The van der Waals surface area contributed by atoms with Crippen LogP contribution in [-0.4, -0.2) is 35.0 Å². The molecule has 86 valence electrons. The van der Waals surface area contributed by atoms with Crippen LogP contribution >= 0.6 is 0 Å². The third-order valence-electron chi connectivity index (χ3n) is 3.04. The summed E-state index contributed by atoms with van der Waals surface area (Å²) in [6, 6.07) is 0. The molecule has 0 bridgehead atoms. The van der Waals surface area contributed by atoms with E-state index in [1.165, 1.54) is 0 Å². The van der Waals surface area contributed by atoms with Crippen molar-refractivity contribution in [2.45, 2.75) is 27.2 Å². The molecule has 1 fully saturated rings. The highest BCUT2D eigenvalue weighted by atomic mass is 16.4. The first-order chi connectivity index (χ1) is 6.97. The number of rotatable bonds is 5. The predicted octanol–water partition coefficient (Wildman–Crippen LogP) is 1.21. The monoisotopic (exact) mass is 213 g/mol. The van der Waals surface area contributed by atoms with Gasteiger partial charge in [0, 0.05) is 19.0 Å². The Bertz CT molecular complexity index is 265. The fourth-order valence-electron chi connectivity index (χ4n) is 1.68. The maximum atomic E-state index is 11.8. The minimum absolute atomic E-state index is 0.123. The lowest BCUT2D eigenvalue weighted by Crippen LogP contribution is -2.37. The van der Waals surface area contributed by atoms with Crippen molar-refractivity contribution < 1.29 is 14.7 Å². The third-order valence-corrected chi connectivity index (χ3v) is 3.04. The number of hydrogen-bond donors (Lipinski definition) is 1. The molecule has 0 saturated heterocycles. The first-order valence-electron chi connectivity index (χ1n) is 5.49. The lowest BCUT2D eigenvalue weighted by molar-refractivity contribution is -0.143. The minimum atomic E-state index is -0.843. The van der Waals surface area contributed by atoms with Gasteiger partial charge in [0.1, 0.15) is 0 Å². The molecule has 0 radical (unpaired) electrons. The zero-order valence-corrected chi connectivity index (χ0v) is 9.56. The molecule has 1 aliphatic carbocycles. The van der Waals surface area contributed by atoms with Gasteiger partial charge in [0.05, 0.1) is 5.92 Å². The molecule has 1 amide bonds. The van der Waals surface area contributed by atoms with E-state index in [2.05, 4.69) is 6.92 Å². The maximum Gasteiger partial charge on any atom is 0.308 e. The second-order valence-electron chi connectivity index (χ2n) is 4.44. The van der Waals surface area contributed by atoms with Crippen LogP contribution < -0.4 is 0 Å². The van der Waals surface area contributed by atoms with Crippen LogP contribution in [0.15, 0.2) is 0 Å².